The quantitative estimate of drug-likeness (QED) is 0.820. The van der Waals surface area contributed by atoms with E-state index in [0.717, 1.165) is 37.4 Å². The standard InChI is InChI=1S/C15H21N3O3S/c1-20-11-3-4-12(13(9-11)21-2)17-15(22)18-7-5-10(6-8-18)14(16)19/h3-4,9-10H,5-8H2,1-2H3,(H2,16,19)(H,17,22). The minimum absolute atomic E-state index is 0.0467. The number of nitrogens with two attached hydrogens (primary N) is 1. The molecule has 1 aliphatic rings. The fourth-order valence-corrected chi connectivity index (χ4v) is 2.76. The molecular formula is C15H21N3O3S. The number of thiocarbonyl (C=S) groups is 1. The normalized spacial score (nSPS) is 15.3. The van der Waals surface area contributed by atoms with Crippen molar-refractivity contribution in [1.29, 1.82) is 0 Å². The molecule has 22 heavy (non-hydrogen) atoms. The fourth-order valence-electron chi connectivity index (χ4n) is 2.46. The number of primary amides is 1. The smallest absolute Gasteiger partial charge is 0.220 e. The van der Waals surface area contributed by atoms with Gasteiger partial charge in [0.05, 0.1) is 19.9 Å². The van der Waals surface area contributed by atoms with Gasteiger partial charge in [0.2, 0.25) is 5.91 Å². The van der Waals surface area contributed by atoms with Gasteiger partial charge in [0.25, 0.3) is 0 Å². The number of methoxy groups -OCH3 is 2. The Bertz CT molecular complexity index is 557. The number of rotatable bonds is 4. The molecule has 6 nitrogen and oxygen atoms in total. The topological polar surface area (TPSA) is 76.8 Å². The summed E-state index contributed by atoms with van der Waals surface area (Å²) in [6.07, 6.45) is 1.47. The van der Waals surface area contributed by atoms with Crippen LogP contribution >= 0.6 is 12.2 Å². The number of carbonyl (C=O) groups is 1. The molecule has 7 heteroatoms. The first-order chi connectivity index (χ1) is 10.5. The maximum absolute atomic E-state index is 11.2. The molecule has 1 aromatic rings. The van der Waals surface area contributed by atoms with Crippen molar-refractivity contribution in [2.75, 3.05) is 32.6 Å². The zero-order valence-electron chi connectivity index (χ0n) is 12.8. The predicted molar refractivity (Wildman–Crippen MR) is 89.3 cm³/mol. The summed E-state index contributed by atoms with van der Waals surface area (Å²) in [5.41, 5.74) is 6.13. The van der Waals surface area contributed by atoms with E-state index >= 15 is 0 Å². The van der Waals surface area contributed by atoms with Crippen molar-refractivity contribution < 1.29 is 14.3 Å². The number of ether oxygens (including phenoxy) is 2. The molecule has 3 N–H and O–H groups in total. The van der Waals surface area contributed by atoms with Crippen LogP contribution in [0.25, 0.3) is 0 Å². The van der Waals surface area contributed by atoms with Crippen molar-refractivity contribution in [3.63, 3.8) is 0 Å². The number of anilines is 1. The maximum Gasteiger partial charge on any atom is 0.220 e. The summed E-state index contributed by atoms with van der Waals surface area (Å²) in [7, 11) is 3.21. The van der Waals surface area contributed by atoms with E-state index in [0.29, 0.717) is 10.9 Å². The van der Waals surface area contributed by atoms with Crippen molar-refractivity contribution in [3.8, 4) is 11.5 Å². The third-order valence-corrected chi connectivity index (χ3v) is 4.20. The molecular weight excluding hydrogens is 302 g/mol. The highest BCUT2D eigenvalue weighted by Gasteiger charge is 2.24. The molecule has 120 valence electrons. The summed E-state index contributed by atoms with van der Waals surface area (Å²) in [5.74, 6) is 1.11. The summed E-state index contributed by atoms with van der Waals surface area (Å²) in [4.78, 5) is 13.2. The Kier molecular flexibility index (Phi) is 5.43. The van der Waals surface area contributed by atoms with Crippen LogP contribution in [-0.4, -0.2) is 43.2 Å². The molecule has 0 aliphatic carbocycles. The summed E-state index contributed by atoms with van der Waals surface area (Å²) >= 11 is 5.44. The molecule has 0 atom stereocenters. The third-order valence-electron chi connectivity index (χ3n) is 3.83. The van der Waals surface area contributed by atoms with Crippen molar-refractivity contribution >= 4 is 28.9 Å². The largest absolute Gasteiger partial charge is 0.497 e. The van der Waals surface area contributed by atoms with Crippen LogP contribution in [0, 0.1) is 5.92 Å². The van der Waals surface area contributed by atoms with Crippen LogP contribution in [0.5, 0.6) is 11.5 Å². The molecule has 2 rings (SSSR count). The van der Waals surface area contributed by atoms with E-state index < -0.39 is 0 Å². The van der Waals surface area contributed by atoms with Crippen molar-refractivity contribution in [1.82, 2.24) is 4.90 Å². The molecule has 1 fully saturated rings. The van der Waals surface area contributed by atoms with Gasteiger partial charge in [-0.25, -0.2) is 0 Å². The Labute approximate surface area is 135 Å². The van der Waals surface area contributed by atoms with Gasteiger partial charge < -0.3 is 25.4 Å². The predicted octanol–water partition coefficient (Wildman–Crippen LogP) is 1.60. The minimum Gasteiger partial charge on any atom is -0.497 e. The molecule has 1 aromatic carbocycles. The van der Waals surface area contributed by atoms with Gasteiger partial charge in [-0.2, -0.15) is 0 Å². The summed E-state index contributed by atoms with van der Waals surface area (Å²) < 4.78 is 10.5. The molecule has 1 aliphatic heterocycles. The first-order valence-corrected chi connectivity index (χ1v) is 7.53. The van der Waals surface area contributed by atoms with Crippen molar-refractivity contribution in [3.05, 3.63) is 18.2 Å². The third kappa shape index (κ3) is 3.79. The first-order valence-electron chi connectivity index (χ1n) is 7.12. The number of hydrogen-bond acceptors (Lipinski definition) is 4. The maximum atomic E-state index is 11.2. The Morgan fingerprint density at radius 3 is 2.55 bits per heavy atom. The van der Waals surface area contributed by atoms with E-state index in [1.54, 1.807) is 20.3 Å². The lowest BCUT2D eigenvalue weighted by atomic mass is 9.97. The van der Waals surface area contributed by atoms with Crippen LogP contribution in [0.2, 0.25) is 0 Å². The van der Waals surface area contributed by atoms with Gasteiger partial charge in [-0.15, -0.1) is 0 Å². The van der Waals surface area contributed by atoms with Crippen LogP contribution in [0.1, 0.15) is 12.8 Å². The fraction of sp³-hybridized carbons (Fsp3) is 0.467. The number of hydrogen-bond donors (Lipinski definition) is 2. The van der Waals surface area contributed by atoms with Gasteiger partial charge in [0.15, 0.2) is 5.11 Å². The van der Waals surface area contributed by atoms with E-state index in [4.69, 9.17) is 27.4 Å². The number of amides is 1. The summed E-state index contributed by atoms with van der Waals surface area (Å²) in [6, 6.07) is 5.50. The van der Waals surface area contributed by atoms with Gasteiger partial charge >= 0.3 is 0 Å². The first kappa shape index (κ1) is 16.4. The van der Waals surface area contributed by atoms with Crippen LogP contribution in [0.4, 0.5) is 5.69 Å². The molecule has 1 heterocycles. The molecule has 0 spiro atoms. The Balaban J connectivity index is 1.99. The Morgan fingerprint density at radius 2 is 2.00 bits per heavy atom. The Morgan fingerprint density at radius 1 is 1.32 bits per heavy atom. The lowest BCUT2D eigenvalue weighted by Gasteiger charge is -2.32. The van der Waals surface area contributed by atoms with Crippen LogP contribution in [0.15, 0.2) is 18.2 Å². The number of piperidine rings is 1. The second-order valence-corrected chi connectivity index (χ2v) is 5.55. The lowest BCUT2D eigenvalue weighted by molar-refractivity contribution is -0.122. The molecule has 1 saturated heterocycles. The zero-order valence-corrected chi connectivity index (χ0v) is 13.6. The highest BCUT2D eigenvalue weighted by atomic mass is 32.1. The van der Waals surface area contributed by atoms with Gasteiger partial charge in [-0.3, -0.25) is 4.79 Å². The minimum atomic E-state index is -0.227. The highest BCUT2D eigenvalue weighted by Crippen LogP contribution is 2.29. The molecule has 1 amide bonds. The van der Waals surface area contributed by atoms with Crippen LogP contribution in [0.3, 0.4) is 0 Å². The SMILES string of the molecule is COc1ccc(NC(=S)N2CCC(C(N)=O)CC2)c(OC)c1. The monoisotopic (exact) mass is 323 g/mol. The number of nitrogens with zero attached hydrogens (tertiary/aromatic N) is 1. The molecule has 0 unspecified atom stereocenters. The second-order valence-electron chi connectivity index (χ2n) is 5.16. The van der Waals surface area contributed by atoms with Gasteiger partial charge in [0, 0.05) is 25.1 Å². The summed E-state index contributed by atoms with van der Waals surface area (Å²) in [6.45, 7) is 1.44. The van der Waals surface area contributed by atoms with Crippen molar-refractivity contribution in [2.24, 2.45) is 11.7 Å². The highest BCUT2D eigenvalue weighted by molar-refractivity contribution is 7.80. The van der Waals surface area contributed by atoms with E-state index in [1.165, 1.54) is 0 Å². The second kappa shape index (κ2) is 7.31. The van der Waals surface area contributed by atoms with Crippen LogP contribution < -0.4 is 20.5 Å². The Hall–Kier alpha value is -2.02. The van der Waals surface area contributed by atoms with E-state index in [-0.39, 0.29) is 11.8 Å². The zero-order chi connectivity index (χ0) is 16.1. The van der Waals surface area contributed by atoms with E-state index in [1.807, 2.05) is 17.0 Å². The molecule has 0 saturated carbocycles. The molecule has 0 bridgehead atoms. The van der Waals surface area contributed by atoms with Crippen LogP contribution in [-0.2, 0) is 4.79 Å². The van der Waals surface area contributed by atoms with E-state index in [9.17, 15) is 4.79 Å². The number of carbonyl (C=O) groups excluding carboxylic acids is 1. The number of likely N-dealkylation sites (tertiary alicyclic amines) is 1. The number of benzene rings is 1. The average Bonchev–Trinajstić information content (AvgIpc) is 2.55. The van der Waals surface area contributed by atoms with Gasteiger partial charge in [-0.05, 0) is 37.2 Å². The van der Waals surface area contributed by atoms with Crippen molar-refractivity contribution in [2.45, 2.75) is 12.8 Å². The average molecular weight is 323 g/mol. The van der Waals surface area contributed by atoms with Gasteiger partial charge in [-0.1, -0.05) is 0 Å². The molecule has 0 aromatic heterocycles. The van der Waals surface area contributed by atoms with Gasteiger partial charge in [0.1, 0.15) is 11.5 Å². The van der Waals surface area contributed by atoms with E-state index in [2.05, 4.69) is 5.32 Å². The number of nitrogens with one attached hydrogen (secondary N) is 1. The summed E-state index contributed by atoms with van der Waals surface area (Å²) in [5, 5.41) is 3.80. The lowest BCUT2D eigenvalue weighted by Crippen LogP contribution is -2.43. The molecule has 0 radical (unpaired) electrons.